The predicted molar refractivity (Wildman–Crippen MR) is 65.9 cm³/mol. The van der Waals surface area contributed by atoms with Crippen LogP contribution in [0.15, 0.2) is 11.0 Å². The van der Waals surface area contributed by atoms with E-state index in [1.54, 1.807) is 0 Å². The largest absolute Gasteiger partial charge is 0.465 e. The number of hydrogen-bond acceptors (Lipinski definition) is 8. The summed E-state index contributed by atoms with van der Waals surface area (Å²) in [6, 6.07) is 0. The summed E-state index contributed by atoms with van der Waals surface area (Å²) in [5.74, 6) is -0.976. The highest BCUT2D eigenvalue weighted by atomic mass is 16.5. The zero-order valence-electron chi connectivity index (χ0n) is 10.7. The summed E-state index contributed by atoms with van der Waals surface area (Å²) in [4.78, 5) is 26.8. The molecule has 4 N–H and O–H groups in total. The molecule has 1 aromatic rings. The number of aromatic nitrogens is 2. The van der Waals surface area contributed by atoms with Gasteiger partial charge in [-0.3, -0.25) is 4.57 Å². The number of esters is 1. The predicted octanol–water partition coefficient (Wildman–Crippen LogP) is -1.75. The first-order chi connectivity index (χ1) is 9.47. The standard InChI is InChI=1S/C11H15N3O6/c1-19-10(17)5-3-14(11(18)13-9(5)12)8-2-6(16)7(4-15)20-8/h3,6-8,15-16H,2,4H2,1H3,(H2,12,13,18). The number of carbonyl (C=O) groups excluding carboxylic acids is 1. The number of nitrogens with two attached hydrogens (primary N) is 1. The second-order valence-corrected chi connectivity index (χ2v) is 4.34. The summed E-state index contributed by atoms with van der Waals surface area (Å²) in [7, 11) is 1.18. The van der Waals surface area contributed by atoms with Crippen LogP contribution < -0.4 is 11.4 Å². The van der Waals surface area contributed by atoms with Crippen LogP contribution in [0.1, 0.15) is 23.0 Å². The van der Waals surface area contributed by atoms with Gasteiger partial charge < -0.3 is 25.4 Å². The Morgan fingerprint density at radius 3 is 2.95 bits per heavy atom. The molecule has 1 fully saturated rings. The summed E-state index contributed by atoms with van der Waals surface area (Å²) < 4.78 is 10.9. The van der Waals surface area contributed by atoms with Crippen LogP contribution in [0.25, 0.3) is 0 Å². The van der Waals surface area contributed by atoms with Gasteiger partial charge in [-0.05, 0) is 0 Å². The molecular formula is C11H15N3O6. The lowest BCUT2D eigenvalue weighted by Crippen LogP contribution is -2.30. The van der Waals surface area contributed by atoms with Crippen molar-refractivity contribution in [1.82, 2.24) is 9.55 Å². The average Bonchev–Trinajstić information content (AvgIpc) is 2.79. The van der Waals surface area contributed by atoms with Gasteiger partial charge in [0, 0.05) is 12.6 Å². The van der Waals surface area contributed by atoms with Crippen molar-refractivity contribution in [2.75, 3.05) is 19.5 Å². The number of hydrogen-bond donors (Lipinski definition) is 3. The number of aliphatic hydroxyl groups excluding tert-OH is 2. The highest BCUT2D eigenvalue weighted by molar-refractivity contribution is 5.93. The molecule has 1 saturated heterocycles. The fourth-order valence-corrected chi connectivity index (χ4v) is 2.01. The molecule has 2 rings (SSSR count). The fraction of sp³-hybridized carbons (Fsp3) is 0.545. The van der Waals surface area contributed by atoms with Crippen LogP contribution in [-0.2, 0) is 9.47 Å². The van der Waals surface area contributed by atoms with Gasteiger partial charge in [-0.1, -0.05) is 0 Å². The molecule has 110 valence electrons. The third-order valence-corrected chi connectivity index (χ3v) is 3.08. The molecule has 9 heteroatoms. The minimum absolute atomic E-state index is 0.0716. The van der Waals surface area contributed by atoms with Crippen molar-refractivity contribution < 1.29 is 24.5 Å². The summed E-state index contributed by atoms with van der Waals surface area (Å²) >= 11 is 0. The Labute approximate surface area is 113 Å². The molecular weight excluding hydrogens is 270 g/mol. The molecule has 20 heavy (non-hydrogen) atoms. The quantitative estimate of drug-likeness (QED) is 0.556. The Morgan fingerprint density at radius 2 is 2.40 bits per heavy atom. The molecule has 2 heterocycles. The van der Waals surface area contributed by atoms with Gasteiger partial charge in [-0.25, -0.2) is 9.59 Å². The second kappa shape index (κ2) is 5.57. The lowest BCUT2D eigenvalue weighted by molar-refractivity contribution is -0.0459. The highest BCUT2D eigenvalue weighted by Crippen LogP contribution is 2.27. The minimum Gasteiger partial charge on any atom is -0.465 e. The first-order valence-electron chi connectivity index (χ1n) is 5.89. The first-order valence-corrected chi connectivity index (χ1v) is 5.89. The number of nitrogens with zero attached hydrogens (tertiary/aromatic N) is 2. The van der Waals surface area contributed by atoms with Crippen molar-refractivity contribution in [2.24, 2.45) is 0 Å². The number of rotatable bonds is 3. The van der Waals surface area contributed by atoms with Crippen LogP contribution in [0.4, 0.5) is 5.82 Å². The lowest BCUT2D eigenvalue weighted by atomic mass is 10.2. The Kier molecular flexibility index (Phi) is 4.02. The maximum absolute atomic E-state index is 11.8. The number of anilines is 1. The number of ether oxygens (including phenoxy) is 2. The van der Waals surface area contributed by atoms with E-state index in [4.69, 9.17) is 15.6 Å². The van der Waals surface area contributed by atoms with E-state index < -0.39 is 30.1 Å². The molecule has 3 atom stereocenters. The van der Waals surface area contributed by atoms with Gasteiger partial charge >= 0.3 is 11.7 Å². The zero-order chi connectivity index (χ0) is 14.9. The van der Waals surface area contributed by atoms with Gasteiger partial charge in [0.05, 0.1) is 19.8 Å². The second-order valence-electron chi connectivity index (χ2n) is 4.34. The maximum atomic E-state index is 11.8. The van der Waals surface area contributed by atoms with Crippen LogP contribution >= 0.6 is 0 Å². The summed E-state index contributed by atoms with van der Waals surface area (Å²) in [5.41, 5.74) is 4.70. The molecule has 0 amide bonds. The van der Waals surface area contributed by atoms with Crippen molar-refractivity contribution in [1.29, 1.82) is 0 Å². The molecule has 0 aromatic carbocycles. The van der Waals surface area contributed by atoms with E-state index in [9.17, 15) is 14.7 Å². The van der Waals surface area contributed by atoms with E-state index in [-0.39, 0.29) is 24.4 Å². The van der Waals surface area contributed by atoms with Crippen LogP contribution in [0.3, 0.4) is 0 Å². The SMILES string of the molecule is COC(=O)c1cn(C2CC(O)C(CO)O2)c(=O)nc1N. The number of nitrogen functional groups attached to an aromatic ring is 1. The first kappa shape index (κ1) is 14.4. The van der Waals surface area contributed by atoms with Gasteiger partial charge in [-0.15, -0.1) is 0 Å². The summed E-state index contributed by atoms with van der Waals surface area (Å²) in [5, 5.41) is 18.7. The topological polar surface area (TPSA) is 137 Å². The Bertz CT molecular complexity index is 572. The summed E-state index contributed by atoms with van der Waals surface area (Å²) in [6.07, 6.45) is -1.25. The van der Waals surface area contributed by atoms with Crippen LogP contribution in [0.5, 0.6) is 0 Å². The third kappa shape index (κ3) is 2.50. The molecule has 3 unspecified atom stereocenters. The molecule has 1 aromatic heterocycles. The molecule has 1 aliphatic heterocycles. The number of methoxy groups -OCH3 is 1. The number of aliphatic hydroxyl groups is 2. The fourth-order valence-electron chi connectivity index (χ4n) is 2.01. The normalized spacial score (nSPS) is 25.6. The van der Waals surface area contributed by atoms with Gasteiger partial charge in [0.15, 0.2) is 0 Å². The van der Waals surface area contributed by atoms with E-state index in [0.717, 1.165) is 4.57 Å². The molecule has 0 aliphatic carbocycles. The third-order valence-electron chi connectivity index (χ3n) is 3.08. The van der Waals surface area contributed by atoms with Crippen molar-refractivity contribution in [3.05, 3.63) is 22.2 Å². The lowest BCUT2D eigenvalue weighted by Gasteiger charge is -2.15. The van der Waals surface area contributed by atoms with E-state index >= 15 is 0 Å². The molecule has 0 saturated carbocycles. The van der Waals surface area contributed by atoms with E-state index in [2.05, 4.69) is 9.72 Å². The van der Waals surface area contributed by atoms with Crippen molar-refractivity contribution in [2.45, 2.75) is 24.9 Å². The zero-order valence-corrected chi connectivity index (χ0v) is 10.7. The smallest absolute Gasteiger partial charge is 0.351 e. The number of carbonyl (C=O) groups is 1. The van der Waals surface area contributed by atoms with Crippen molar-refractivity contribution >= 4 is 11.8 Å². The molecule has 1 aliphatic rings. The van der Waals surface area contributed by atoms with E-state index in [1.165, 1.54) is 13.3 Å². The molecule has 0 spiro atoms. The Hall–Kier alpha value is -1.97. The van der Waals surface area contributed by atoms with Crippen molar-refractivity contribution in [3.8, 4) is 0 Å². The maximum Gasteiger partial charge on any atom is 0.351 e. The van der Waals surface area contributed by atoms with E-state index in [1.807, 2.05) is 0 Å². The molecule has 9 nitrogen and oxygen atoms in total. The van der Waals surface area contributed by atoms with Gasteiger partial charge in [0.2, 0.25) is 0 Å². The van der Waals surface area contributed by atoms with Crippen LogP contribution in [0, 0.1) is 0 Å². The van der Waals surface area contributed by atoms with Crippen LogP contribution in [-0.4, -0.2) is 51.7 Å². The van der Waals surface area contributed by atoms with Gasteiger partial charge in [0.25, 0.3) is 0 Å². The summed E-state index contributed by atoms with van der Waals surface area (Å²) in [6.45, 7) is -0.376. The monoisotopic (exact) mass is 285 g/mol. The van der Waals surface area contributed by atoms with Crippen molar-refractivity contribution in [3.63, 3.8) is 0 Å². The minimum atomic E-state index is -0.906. The van der Waals surface area contributed by atoms with Gasteiger partial charge in [-0.2, -0.15) is 4.98 Å². The average molecular weight is 285 g/mol. The Balaban J connectivity index is 2.38. The Morgan fingerprint density at radius 1 is 1.70 bits per heavy atom. The molecule has 0 bridgehead atoms. The van der Waals surface area contributed by atoms with Gasteiger partial charge in [0.1, 0.15) is 23.7 Å². The highest BCUT2D eigenvalue weighted by Gasteiger charge is 2.35. The van der Waals surface area contributed by atoms with Crippen LogP contribution in [0.2, 0.25) is 0 Å². The van der Waals surface area contributed by atoms with E-state index in [0.29, 0.717) is 0 Å². The molecule has 0 radical (unpaired) electrons.